The average Bonchev–Trinajstić information content (AvgIpc) is 3.09. The van der Waals surface area contributed by atoms with E-state index in [-0.39, 0.29) is 23.6 Å². The first-order valence-corrected chi connectivity index (χ1v) is 8.63. The van der Waals surface area contributed by atoms with Crippen LogP contribution in [0.15, 0.2) is 21.3 Å². The number of nitrogens with zero attached hydrogens (tertiary/aromatic N) is 4. The molecule has 5 N–H and O–H groups in total. The third kappa shape index (κ3) is 2.95. The second-order valence-electron chi connectivity index (χ2n) is 7.01. The van der Waals surface area contributed by atoms with Gasteiger partial charge in [-0.1, -0.05) is 5.16 Å². The third-order valence-electron chi connectivity index (χ3n) is 4.89. The lowest BCUT2D eigenvalue weighted by Gasteiger charge is -2.25. The fourth-order valence-electron chi connectivity index (χ4n) is 2.93. The monoisotopic (exact) mass is 385 g/mol. The number of carbonyl (C=O) groups is 2. The molecule has 0 bridgehead atoms. The number of hydrogen-bond acceptors (Lipinski definition) is 9. The largest absolute Gasteiger partial charge is 0.442 e. The van der Waals surface area contributed by atoms with E-state index in [1.54, 1.807) is 11.9 Å². The van der Waals surface area contributed by atoms with Crippen LogP contribution in [0.2, 0.25) is 0 Å². The van der Waals surface area contributed by atoms with Crippen molar-refractivity contribution in [2.24, 2.45) is 11.6 Å². The minimum absolute atomic E-state index is 0.0365. The number of furan rings is 1. The molecule has 3 heterocycles. The lowest BCUT2D eigenvalue weighted by molar-refractivity contribution is 0.0944. The molecule has 0 aromatic carbocycles. The van der Waals surface area contributed by atoms with Gasteiger partial charge in [0.05, 0.1) is 23.0 Å². The van der Waals surface area contributed by atoms with Crippen LogP contribution in [-0.4, -0.2) is 32.5 Å². The van der Waals surface area contributed by atoms with Crippen LogP contribution >= 0.6 is 0 Å². The highest BCUT2D eigenvalue weighted by Gasteiger charge is 2.44. The van der Waals surface area contributed by atoms with Gasteiger partial charge in [0.2, 0.25) is 11.5 Å². The van der Waals surface area contributed by atoms with E-state index in [0.717, 1.165) is 12.8 Å². The molecule has 0 aliphatic heterocycles. The Hall–Kier alpha value is -3.47. The number of carbonyl (C=O) groups excluding carboxylic acids is 2. The molecule has 146 valence electrons. The standard InChI is InChI=1S/C17H19N7O4/c1-8-11(15(26)20-6-9-5-10(13(18)25)28-23-9)12-14(21-7-22-16(12)27-8)24(19)17(2)3-4-17/h5,7H,3-4,6,19H2,1-2H3,(H2,18,25)(H,20,26). The Labute approximate surface area is 159 Å². The highest BCUT2D eigenvalue weighted by molar-refractivity contribution is 6.10. The highest BCUT2D eigenvalue weighted by atomic mass is 16.5. The smallest absolute Gasteiger partial charge is 0.287 e. The van der Waals surface area contributed by atoms with Crippen molar-refractivity contribution < 1.29 is 18.5 Å². The van der Waals surface area contributed by atoms with Crippen LogP contribution in [0.1, 0.15) is 52.1 Å². The Morgan fingerprint density at radius 3 is 2.75 bits per heavy atom. The topological polar surface area (TPSA) is 166 Å². The molecule has 0 spiro atoms. The molecule has 0 radical (unpaired) electrons. The van der Waals surface area contributed by atoms with Crippen LogP contribution in [0, 0.1) is 6.92 Å². The number of hydrazine groups is 1. The molecule has 3 aromatic rings. The van der Waals surface area contributed by atoms with Gasteiger partial charge in [0.25, 0.3) is 11.8 Å². The van der Waals surface area contributed by atoms with Crippen molar-refractivity contribution >= 4 is 28.7 Å². The first-order valence-electron chi connectivity index (χ1n) is 8.63. The second-order valence-corrected chi connectivity index (χ2v) is 7.01. The lowest BCUT2D eigenvalue weighted by Crippen LogP contribution is -2.42. The van der Waals surface area contributed by atoms with E-state index in [2.05, 4.69) is 20.4 Å². The number of anilines is 1. The SMILES string of the molecule is Cc1oc2ncnc(N(N)C3(C)CC3)c2c1C(=O)NCc1cc(C(N)=O)on1. The predicted molar refractivity (Wildman–Crippen MR) is 97.0 cm³/mol. The summed E-state index contributed by atoms with van der Waals surface area (Å²) in [6, 6.07) is 1.37. The Bertz CT molecular complexity index is 1080. The minimum Gasteiger partial charge on any atom is -0.442 e. The highest BCUT2D eigenvalue weighted by Crippen LogP contribution is 2.43. The Balaban J connectivity index is 1.64. The number of nitrogens with one attached hydrogen (secondary N) is 1. The zero-order chi connectivity index (χ0) is 20.1. The summed E-state index contributed by atoms with van der Waals surface area (Å²) in [5.74, 6) is 5.87. The van der Waals surface area contributed by atoms with E-state index in [9.17, 15) is 9.59 Å². The van der Waals surface area contributed by atoms with E-state index in [1.165, 1.54) is 12.4 Å². The van der Waals surface area contributed by atoms with Crippen LogP contribution in [0.25, 0.3) is 11.1 Å². The van der Waals surface area contributed by atoms with Crippen LogP contribution in [-0.2, 0) is 6.54 Å². The summed E-state index contributed by atoms with van der Waals surface area (Å²) < 4.78 is 10.4. The van der Waals surface area contributed by atoms with Crippen molar-refractivity contribution in [3.8, 4) is 0 Å². The summed E-state index contributed by atoms with van der Waals surface area (Å²) in [6.07, 6.45) is 3.22. The minimum atomic E-state index is -0.736. The number of rotatable bonds is 6. The summed E-state index contributed by atoms with van der Waals surface area (Å²) in [4.78, 5) is 32.3. The molecule has 0 unspecified atom stereocenters. The van der Waals surface area contributed by atoms with Gasteiger partial charge in [-0.2, -0.15) is 0 Å². The van der Waals surface area contributed by atoms with Crippen molar-refractivity contribution in [3.63, 3.8) is 0 Å². The number of primary amides is 1. The predicted octanol–water partition coefficient (Wildman–Crippen LogP) is 0.781. The summed E-state index contributed by atoms with van der Waals surface area (Å²) in [5, 5.41) is 8.43. The summed E-state index contributed by atoms with van der Waals surface area (Å²) in [5.41, 5.74) is 5.86. The number of nitrogens with two attached hydrogens (primary N) is 2. The van der Waals surface area contributed by atoms with E-state index in [1.807, 2.05) is 6.92 Å². The zero-order valence-electron chi connectivity index (χ0n) is 15.4. The molecule has 11 heteroatoms. The number of aryl methyl sites for hydroxylation is 1. The molecule has 11 nitrogen and oxygen atoms in total. The van der Waals surface area contributed by atoms with Crippen molar-refractivity contribution in [1.82, 2.24) is 20.4 Å². The molecule has 1 aliphatic carbocycles. The van der Waals surface area contributed by atoms with Crippen LogP contribution in [0.3, 0.4) is 0 Å². The Morgan fingerprint density at radius 2 is 2.11 bits per heavy atom. The van der Waals surface area contributed by atoms with Crippen molar-refractivity contribution in [1.29, 1.82) is 0 Å². The van der Waals surface area contributed by atoms with Gasteiger partial charge in [-0.3, -0.25) is 14.6 Å². The van der Waals surface area contributed by atoms with E-state index in [0.29, 0.717) is 28.2 Å². The average molecular weight is 385 g/mol. The van der Waals surface area contributed by atoms with Crippen molar-refractivity contribution in [3.05, 3.63) is 35.2 Å². The molecule has 2 amide bonds. The fraction of sp³-hybridized carbons (Fsp3) is 0.353. The van der Waals surface area contributed by atoms with Gasteiger partial charge in [-0.05, 0) is 26.7 Å². The van der Waals surface area contributed by atoms with E-state index in [4.69, 9.17) is 20.5 Å². The second kappa shape index (κ2) is 6.30. The Kier molecular flexibility index (Phi) is 4.03. The molecule has 1 aliphatic rings. The van der Waals surface area contributed by atoms with E-state index < -0.39 is 11.8 Å². The number of hydrogen-bond donors (Lipinski definition) is 3. The molecule has 0 saturated heterocycles. The number of amides is 2. The van der Waals surface area contributed by atoms with Gasteiger partial charge < -0.3 is 20.0 Å². The Morgan fingerprint density at radius 1 is 1.36 bits per heavy atom. The van der Waals surface area contributed by atoms with Gasteiger partial charge in [0.15, 0.2) is 5.82 Å². The quantitative estimate of drug-likeness (QED) is 0.410. The van der Waals surface area contributed by atoms with Gasteiger partial charge in [-0.15, -0.1) is 0 Å². The maximum absolute atomic E-state index is 12.9. The normalized spacial score (nSPS) is 14.8. The van der Waals surface area contributed by atoms with E-state index >= 15 is 0 Å². The molecule has 0 atom stereocenters. The summed E-state index contributed by atoms with van der Waals surface area (Å²) in [6.45, 7) is 3.73. The van der Waals surface area contributed by atoms with Gasteiger partial charge in [-0.25, -0.2) is 15.8 Å². The maximum Gasteiger partial charge on any atom is 0.287 e. The molecular weight excluding hydrogens is 366 g/mol. The van der Waals surface area contributed by atoms with Crippen LogP contribution < -0.4 is 21.9 Å². The molecule has 3 aromatic heterocycles. The first kappa shape index (κ1) is 17.9. The van der Waals surface area contributed by atoms with Crippen molar-refractivity contribution in [2.75, 3.05) is 5.01 Å². The third-order valence-corrected chi connectivity index (χ3v) is 4.89. The molecular formula is C17H19N7O4. The lowest BCUT2D eigenvalue weighted by atomic mass is 10.1. The first-order chi connectivity index (χ1) is 13.3. The van der Waals surface area contributed by atoms with Crippen molar-refractivity contribution in [2.45, 2.75) is 38.8 Å². The van der Waals surface area contributed by atoms with Crippen LogP contribution in [0.5, 0.6) is 0 Å². The fourth-order valence-corrected chi connectivity index (χ4v) is 2.93. The number of aromatic nitrogens is 3. The van der Waals surface area contributed by atoms with Crippen LogP contribution in [0.4, 0.5) is 5.82 Å². The molecule has 1 saturated carbocycles. The summed E-state index contributed by atoms with van der Waals surface area (Å²) >= 11 is 0. The van der Waals surface area contributed by atoms with Gasteiger partial charge in [0.1, 0.15) is 17.8 Å². The summed E-state index contributed by atoms with van der Waals surface area (Å²) in [7, 11) is 0. The zero-order valence-corrected chi connectivity index (χ0v) is 15.4. The van der Waals surface area contributed by atoms with Gasteiger partial charge in [0, 0.05) is 6.07 Å². The van der Waals surface area contributed by atoms with Gasteiger partial charge >= 0.3 is 0 Å². The molecule has 1 fully saturated rings. The maximum atomic E-state index is 12.9. The number of fused-ring (bicyclic) bond motifs is 1. The molecule has 28 heavy (non-hydrogen) atoms. The molecule has 4 rings (SSSR count).